The van der Waals surface area contributed by atoms with E-state index in [4.69, 9.17) is 14.2 Å². The fourth-order valence-electron chi connectivity index (χ4n) is 2.97. The van der Waals surface area contributed by atoms with Gasteiger partial charge in [-0.05, 0) is 23.3 Å². The van der Waals surface area contributed by atoms with Gasteiger partial charge in [0.25, 0.3) is 5.91 Å². The fourth-order valence-corrected chi connectivity index (χ4v) is 2.97. The standard InChI is InChI=1S/C22H19NO4/c24-21(14-25-18-11-12-19-20(13-18)27-15-26-19)23-22(16-7-3-1-4-8-16)17-9-5-2-6-10-17/h1-13,22H,14-15H2,(H,23,24). The molecule has 0 aromatic heterocycles. The molecular formula is C22H19NO4. The second-order valence-corrected chi connectivity index (χ2v) is 6.13. The van der Waals surface area contributed by atoms with E-state index in [-0.39, 0.29) is 25.3 Å². The van der Waals surface area contributed by atoms with Crippen molar-refractivity contribution in [3.8, 4) is 17.2 Å². The Labute approximate surface area is 157 Å². The van der Waals surface area contributed by atoms with Crippen molar-refractivity contribution in [1.82, 2.24) is 5.32 Å². The molecule has 27 heavy (non-hydrogen) atoms. The molecule has 3 aromatic carbocycles. The minimum Gasteiger partial charge on any atom is -0.484 e. The van der Waals surface area contributed by atoms with Crippen molar-refractivity contribution in [2.75, 3.05) is 13.4 Å². The summed E-state index contributed by atoms with van der Waals surface area (Å²) in [6.45, 7) is 0.116. The summed E-state index contributed by atoms with van der Waals surface area (Å²) in [4.78, 5) is 12.5. The number of ether oxygens (including phenoxy) is 3. The first-order chi connectivity index (χ1) is 13.3. The zero-order chi connectivity index (χ0) is 18.5. The summed E-state index contributed by atoms with van der Waals surface area (Å²) in [5.74, 6) is 1.66. The molecule has 136 valence electrons. The molecule has 0 radical (unpaired) electrons. The third-order valence-electron chi connectivity index (χ3n) is 4.29. The van der Waals surface area contributed by atoms with Gasteiger partial charge in [0, 0.05) is 6.07 Å². The minimum atomic E-state index is -0.236. The molecule has 0 saturated heterocycles. The van der Waals surface area contributed by atoms with Crippen LogP contribution in [-0.2, 0) is 4.79 Å². The van der Waals surface area contributed by atoms with Crippen molar-refractivity contribution in [3.63, 3.8) is 0 Å². The lowest BCUT2D eigenvalue weighted by Crippen LogP contribution is -2.33. The third-order valence-corrected chi connectivity index (χ3v) is 4.29. The quantitative estimate of drug-likeness (QED) is 0.727. The molecule has 1 amide bonds. The summed E-state index contributed by atoms with van der Waals surface area (Å²) in [5, 5.41) is 3.05. The Morgan fingerprint density at radius 3 is 2.19 bits per heavy atom. The first-order valence-electron chi connectivity index (χ1n) is 8.71. The minimum absolute atomic E-state index is 0.0875. The van der Waals surface area contributed by atoms with E-state index in [0.717, 1.165) is 11.1 Å². The first kappa shape index (κ1) is 17.0. The molecule has 1 aliphatic rings. The molecule has 0 spiro atoms. The maximum Gasteiger partial charge on any atom is 0.258 e. The summed E-state index contributed by atoms with van der Waals surface area (Å²) in [5.41, 5.74) is 2.03. The molecule has 0 bridgehead atoms. The highest BCUT2D eigenvalue weighted by atomic mass is 16.7. The maximum atomic E-state index is 12.5. The van der Waals surface area contributed by atoms with Gasteiger partial charge in [-0.2, -0.15) is 0 Å². The van der Waals surface area contributed by atoms with Gasteiger partial charge in [-0.1, -0.05) is 60.7 Å². The van der Waals surface area contributed by atoms with Gasteiger partial charge in [-0.25, -0.2) is 0 Å². The summed E-state index contributed by atoms with van der Waals surface area (Å²) < 4.78 is 16.2. The van der Waals surface area contributed by atoms with Crippen LogP contribution in [-0.4, -0.2) is 19.3 Å². The van der Waals surface area contributed by atoms with Crippen LogP contribution < -0.4 is 19.5 Å². The van der Waals surface area contributed by atoms with Crippen LogP contribution in [0.2, 0.25) is 0 Å². The van der Waals surface area contributed by atoms with Crippen LogP contribution in [0, 0.1) is 0 Å². The zero-order valence-electron chi connectivity index (χ0n) is 14.6. The smallest absolute Gasteiger partial charge is 0.258 e. The Bertz CT molecular complexity index is 873. The van der Waals surface area contributed by atoms with Crippen LogP contribution in [0.3, 0.4) is 0 Å². The number of nitrogens with one attached hydrogen (secondary N) is 1. The van der Waals surface area contributed by atoms with E-state index >= 15 is 0 Å². The molecule has 0 saturated carbocycles. The van der Waals surface area contributed by atoms with Gasteiger partial charge in [-0.3, -0.25) is 4.79 Å². The molecule has 0 fully saturated rings. The van der Waals surface area contributed by atoms with Crippen LogP contribution in [0.4, 0.5) is 0 Å². The van der Waals surface area contributed by atoms with E-state index in [1.807, 2.05) is 60.7 Å². The van der Waals surface area contributed by atoms with E-state index in [9.17, 15) is 4.79 Å². The van der Waals surface area contributed by atoms with Crippen molar-refractivity contribution in [1.29, 1.82) is 0 Å². The number of fused-ring (bicyclic) bond motifs is 1. The first-order valence-corrected chi connectivity index (χ1v) is 8.71. The van der Waals surface area contributed by atoms with Crippen LogP contribution in [0.5, 0.6) is 17.2 Å². The molecule has 4 rings (SSSR count). The summed E-state index contributed by atoms with van der Waals surface area (Å²) >= 11 is 0. The highest BCUT2D eigenvalue weighted by Crippen LogP contribution is 2.35. The van der Waals surface area contributed by atoms with Crippen LogP contribution >= 0.6 is 0 Å². The van der Waals surface area contributed by atoms with Crippen molar-refractivity contribution in [2.45, 2.75) is 6.04 Å². The van der Waals surface area contributed by atoms with Gasteiger partial charge in [0.05, 0.1) is 6.04 Å². The summed E-state index contributed by atoms with van der Waals surface area (Å²) in [6.07, 6.45) is 0. The number of benzene rings is 3. The van der Waals surface area contributed by atoms with Gasteiger partial charge in [0.2, 0.25) is 6.79 Å². The predicted molar refractivity (Wildman–Crippen MR) is 101 cm³/mol. The van der Waals surface area contributed by atoms with Gasteiger partial charge in [0.1, 0.15) is 5.75 Å². The molecule has 0 aliphatic carbocycles. The highest BCUT2D eigenvalue weighted by molar-refractivity contribution is 5.78. The number of amides is 1. The molecule has 5 heteroatoms. The van der Waals surface area contributed by atoms with Crippen molar-refractivity contribution in [2.24, 2.45) is 0 Å². The van der Waals surface area contributed by atoms with E-state index in [0.29, 0.717) is 17.2 Å². The Morgan fingerprint density at radius 2 is 1.52 bits per heavy atom. The molecule has 0 unspecified atom stereocenters. The average Bonchev–Trinajstić information content (AvgIpc) is 3.20. The molecular weight excluding hydrogens is 342 g/mol. The van der Waals surface area contributed by atoms with Crippen molar-refractivity contribution in [3.05, 3.63) is 90.0 Å². The lowest BCUT2D eigenvalue weighted by Gasteiger charge is -2.20. The summed E-state index contributed by atoms with van der Waals surface area (Å²) in [6, 6.07) is 24.7. The van der Waals surface area contributed by atoms with E-state index < -0.39 is 0 Å². The monoisotopic (exact) mass is 361 g/mol. The average molecular weight is 361 g/mol. The third kappa shape index (κ3) is 4.03. The maximum absolute atomic E-state index is 12.5. The topological polar surface area (TPSA) is 56.8 Å². The Morgan fingerprint density at radius 1 is 0.889 bits per heavy atom. The van der Waals surface area contributed by atoms with Gasteiger partial charge < -0.3 is 19.5 Å². The zero-order valence-corrected chi connectivity index (χ0v) is 14.6. The number of hydrogen-bond donors (Lipinski definition) is 1. The van der Waals surface area contributed by atoms with Gasteiger partial charge >= 0.3 is 0 Å². The molecule has 1 N–H and O–H groups in total. The second-order valence-electron chi connectivity index (χ2n) is 6.13. The van der Waals surface area contributed by atoms with E-state index in [2.05, 4.69) is 5.32 Å². The molecule has 3 aromatic rings. The van der Waals surface area contributed by atoms with Crippen LogP contribution in [0.1, 0.15) is 17.2 Å². The molecule has 1 heterocycles. The van der Waals surface area contributed by atoms with Gasteiger partial charge in [-0.15, -0.1) is 0 Å². The van der Waals surface area contributed by atoms with Crippen LogP contribution in [0.25, 0.3) is 0 Å². The number of hydrogen-bond acceptors (Lipinski definition) is 4. The van der Waals surface area contributed by atoms with E-state index in [1.54, 1.807) is 18.2 Å². The number of carbonyl (C=O) groups excluding carboxylic acids is 1. The SMILES string of the molecule is O=C(COc1ccc2c(c1)OCO2)NC(c1ccccc1)c1ccccc1. The molecule has 5 nitrogen and oxygen atoms in total. The lowest BCUT2D eigenvalue weighted by atomic mass is 9.99. The largest absolute Gasteiger partial charge is 0.484 e. The van der Waals surface area contributed by atoms with Crippen LogP contribution in [0.15, 0.2) is 78.9 Å². The second kappa shape index (κ2) is 7.83. The number of carbonyl (C=O) groups is 1. The van der Waals surface area contributed by atoms with Gasteiger partial charge in [0.15, 0.2) is 18.1 Å². The van der Waals surface area contributed by atoms with Crippen molar-refractivity contribution >= 4 is 5.91 Å². The van der Waals surface area contributed by atoms with E-state index in [1.165, 1.54) is 0 Å². The predicted octanol–water partition coefficient (Wildman–Crippen LogP) is 3.70. The molecule has 1 aliphatic heterocycles. The normalized spacial score (nSPS) is 12.0. The number of rotatable bonds is 6. The Balaban J connectivity index is 1.44. The summed E-state index contributed by atoms with van der Waals surface area (Å²) in [7, 11) is 0. The van der Waals surface area contributed by atoms with Crippen molar-refractivity contribution < 1.29 is 19.0 Å². The molecule has 0 atom stereocenters. The highest BCUT2D eigenvalue weighted by Gasteiger charge is 2.18. The Kier molecular flexibility index (Phi) is 4.92. The fraction of sp³-hybridized carbons (Fsp3) is 0.136. The Hall–Kier alpha value is -3.47. The lowest BCUT2D eigenvalue weighted by molar-refractivity contribution is -0.123.